The van der Waals surface area contributed by atoms with E-state index in [-0.39, 0.29) is 31.4 Å². The molecule has 252 valence electrons. The summed E-state index contributed by atoms with van der Waals surface area (Å²) in [5.41, 5.74) is 1.94. The van der Waals surface area contributed by atoms with Crippen LogP contribution in [0.15, 0.2) is 60.7 Å². The quantitative estimate of drug-likeness (QED) is 0.330. The Labute approximate surface area is 279 Å². The Morgan fingerprint density at radius 2 is 1.94 bits per heavy atom. The highest BCUT2D eigenvalue weighted by Crippen LogP contribution is 2.46. The lowest BCUT2D eigenvalue weighted by Gasteiger charge is -2.30. The van der Waals surface area contributed by atoms with Crippen molar-refractivity contribution in [3.63, 3.8) is 0 Å². The first-order chi connectivity index (χ1) is 23.1. The zero-order valence-corrected chi connectivity index (χ0v) is 27.5. The second-order valence-corrected chi connectivity index (χ2v) is 13.3. The van der Waals surface area contributed by atoms with Crippen LogP contribution in [0.4, 0.5) is 4.79 Å². The number of ether oxygens (including phenoxy) is 2. The summed E-state index contributed by atoms with van der Waals surface area (Å²) >= 11 is 0. The summed E-state index contributed by atoms with van der Waals surface area (Å²) < 4.78 is 12.1. The molecule has 3 amide bonds. The molecule has 1 aromatic heterocycles. The third kappa shape index (κ3) is 6.72. The van der Waals surface area contributed by atoms with Gasteiger partial charge in [-0.1, -0.05) is 75.7 Å². The molecule has 2 fully saturated rings. The number of aliphatic carboxylic acids is 1. The fourth-order valence-electron chi connectivity index (χ4n) is 6.77. The molecular formula is C37H42N4O7. The van der Waals surface area contributed by atoms with Crippen LogP contribution in [0, 0.1) is 11.8 Å². The normalized spacial score (nSPS) is 26.6. The highest BCUT2D eigenvalue weighted by Gasteiger charge is 2.61. The van der Waals surface area contributed by atoms with Crippen LogP contribution in [0.1, 0.15) is 58.4 Å². The van der Waals surface area contributed by atoms with Crippen molar-refractivity contribution in [3.8, 4) is 17.0 Å². The number of aromatic nitrogens is 1. The van der Waals surface area contributed by atoms with Gasteiger partial charge in [-0.15, -0.1) is 0 Å². The number of fused-ring (bicyclic) bond motifs is 3. The van der Waals surface area contributed by atoms with E-state index in [0.29, 0.717) is 37.1 Å². The molecule has 0 radical (unpaired) electrons. The monoisotopic (exact) mass is 654 g/mol. The molecule has 1 saturated heterocycles. The molecule has 1 saturated carbocycles. The number of carboxylic acids is 1. The molecule has 4 bridgehead atoms. The second-order valence-electron chi connectivity index (χ2n) is 13.3. The van der Waals surface area contributed by atoms with Crippen LogP contribution in [-0.4, -0.2) is 75.7 Å². The van der Waals surface area contributed by atoms with Crippen LogP contribution in [0.2, 0.25) is 0 Å². The molecule has 3 aliphatic rings. The Balaban J connectivity index is 1.40. The number of pyridine rings is 1. The number of amides is 3. The Bertz CT molecular complexity index is 1740. The largest absolute Gasteiger partial charge is 0.488 e. The standard InChI is InChI=1S/C37H42N4O7/c1-4-25-20-37(25,35(44)45)40-33(42)30-18-26-21-41(30)34(43)32(22(2)3)39-36(46)47-16-10-6-7-11-23-14-15-28-27(17-23)31(48-26)19-29(38-28)24-12-8-5-9-13-24/h5,7-9,11-15,17,19,22,25-26,30,32H,4,6,10,16,18,20-21H2,1-3H3,(H,39,46)(H,40,42)(H,44,45)/b11-7+/t25-,26?,30+,32+,37-/m1/s1. The average molecular weight is 655 g/mol. The van der Waals surface area contributed by atoms with Crippen molar-refractivity contribution in [2.45, 2.75) is 76.6 Å². The minimum absolute atomic E-state index is 0.0538. The maximum atomic E-state index is 14.2. The van der Waals surface area contributed by atoms with Gasteiger partial charge in [-0.2, -0.15) is 0 Å². The molecule has 3 N–H and O–H groups in total. The average Bonchev–Trinajstić information content (AvgIpc) is 3.64. The lowest BCUT2D eigenvalue weighted by atomic mass is 10.0. The van der Waals surface area contributed by atoms with Crippen LogP contribution in [0.3, 0.4) is 0 Å². The molecule has 11 heteroatoms. The number of hydrogen-bond acceptors (Lipinski definition) is 7. The topological polar surface area (TPSA) is 147 Å². The summed E-state index contributed by atoms with van der Waals surface area (Å²) in [5, 5.41) is 16.3. The third-order valence-electron chi connectivity index (χ3n) is 9.60. The van der Waals surface area contributed by atoms with Gasteiger partial charge in [-0.25, -0.2) is 14.6 Å². The van der Waals surface area contributed by atoms with Gasteiger partial charge in [0.15, 0.2) is 0 Å². The van der Waals surface area contributed by atoms with Gasteiger partial charge in [-0.05, 0) is 48.8 Å². The SMILES string of the molecule is CC[C@@H]1C[C@]1(NC(=O)[C@@H]1CC2CN1C(=O)[C@H](C(C)C)NC(=O)OCCC/C=C/c1ccc3nc(-c4ccccc4)cc(c3c1)O2)C(=O)O. The van der Waals surface area contributed by atoms with Gasteiger partial charge in [0.2, 0.25) is 11.8 Å². The van der Waals surface area contributed by atoms with E-state index < -0.39 is 47.6 Å². The lowest BCUT2D eigenvalue weighted by molar-refractivity contribution is -0.146. The van der Waals surface area contributed by atoms with E-state index in [1.165, 1.54) is 4.90 Å². The Morgan fingerprint density at radius 3 is 2.65 bits per heavy atom. The molecule has 3 heterocycles. The van der Waals surface area contributed by atoms with Crippen LogP contribution in [0.5, 0.6) is 5.75 Å². The zero-order chi connectivity index (χ0) is 34.0. The summed E-state index contributed by atoms with van der Waals surface area (Å²) in [4.78, 5) is 59.5. The summed E-state index contributed by atoms with van der Waals surface area (Å²) in [5.74, 6) is -2.06. The number of benzene rings is 2. The Hall–Kier alpha value is -4.93. The molecule has 0 spiro atoms. The van der Waals surface area contributed by atoms with Gasteiger partial charge in [0, 0.05) is 23.4 Å². The van der Waals surface area contributed by atoms with Gasteiger partial charge >= 0.3 is 12.1 Å². The predicted octanol–water partition coefficient (Wildman–Crippen LogP) is 5.18. The fourth-order valence-corrected chi connectivity index (χ4v) is 6.77. The summed E-state index contributed by atoms with van der Waals surface area (Å²) in [7, 11) is 0. The number of cyclic esters (lactones) is 1. The number of hydrogen-bond donors (Lipinski definition) is 3. The first-order valence-electron chi connectivity index (χ1n) is 16.7. The Morgan fingerprint density at radius 1 is 1.15 bits per heavy atom. The molecule has 6 rings (SSSR count). The number of allylic oxidation sites excluding steroid dienone is 1. The maximum Gasteiger partial charge on any atom is 0.407 e. The van der Waals surface area contributed by atoms with Crippen LogP contribution in [-0.2, 0) is 19.1 Å². The van der Waals surface area contributed by atoms with E-state index >= 15 is 0 Å². The maximum absolute atomic E-state index is 14.2. The molecule has 1 aliphatic carbocycles. The van der Waals surface area contributed by atoms with Gasteiger partial charge in [0.05, 0.1) is 24.4 Å². The molecule has 2 aliphatic heterocycles. The van der Waals surface area contributed by atoms with Gasteiger partial charge in [-0.3, -0.25) is 9.59 Å². The molecular weight excluding hydrogens is 612 g/mol. The number of carbonyl (C=O) groups is 4. The van der Waals surface area contributed by atoms with Crippen molar-refractivity contribution < 1.29 is 33.8 Å². The zero-order valence-electron chi connectivity index (χ0n) is 27.5. The number of rotatable bonds is 6. The minimum atomic E-state index is -1.36. The molecule has 11 nitrogen and oxygen atoms in total. The van der Waals surface area contributed by atoms with Crippen LogP contribution >= 0.6 is 0 Å². The molecule has 5 atom stereocenters. The smallest absolute Gasteiger partial charge is 0.407 e. The first-order valence-corrected chi connectivity index (χ1v) is 16.7. The van der Waals surface area contributed by atoms with E-state index in [0.717, 1.165) is 22.0 Å². The van der Waals surface area contributed by atoms with Gasteiger partial charge in [0.25, 0.3) is 0 Å². The van der Waals surface area contributed by atoms with E-state index in [1.54, 1.807) is 13.8 Å². The van der Waals surface area contributed by atoms with Crippen molar-refractivity contribution in [3.05, 3.63) is 66.2 Å². The number of nitrogens with zero attached hydrogens (tertiary/aromatic N) is 2. The van der Waals surface area contributed by atoms with Crippen molar-refractivity contribution in [1.82, 2.24) is 20.5 Å². The number of nitrogens with one attached hydrogen (secondary N) is 2. The number of alkyl carbamates (subject to hydrolysis) is 1. The second kappa shape index (κ2) is 13.7. The van der Waals surface area contributed by atoms with E-state index in [9.17, 15) is 24.3 Å². The summed E-state index contributed by atoms with van der Waals surface area (Å²) in [6.45, 7) is 5.72. The van der Waals surface area contributed by atoms with Crippen molar-refractivity contribution in [2.75, 3.05) is 13.2 Å². The highest BCUT2D eigenvalue weighted by molar-refractivity contribution is 5.96. The molecule has 1 unspecified atom stereocenters. The van der Waals surface area contributed by atoms with Crippen molar-refractivity contribution >= 4 is 40.9 Å². The molecule has 48 heavy (non-hydrogen) atoms. The van der Waals surface area contributed by atoms with Crippen molar-refractivity contribution in [2.24, 2.45) is 11.8 Å². The summed E-state index contributed by atoms with van der Waals surface area (Å²) in [6.07, 6.45) is 5.02. The Kier molecular flexibility index (Phi) is 9.39. The van der Waals surface area contributed by atoms with Gasteiger partial charge < -0.3 is 30.1 Å². The van der Waals surface area contributed by atoms with Crippen molar-refractivity contribution in [1.29, 1.82) is 0 Å². The fraction of sp³-hybridized carbons (Fsp3) is 0.432. The lowest BCUT2D eigenvalue weighted by Crippen LogP contribution is -2.57. The van der Waals surface area contributed by atoms with Crippen LogP contribution in [0.25, 0.3) is 28.2 Å². The van der Waals surface area contributed by atoms with Gasteiger partial charge in [0.1, 0.15) is 29.5 Å². The minimum Gasteiger partial charge on any atom is -0.488 e. The van der Waals surface area contributed by atoms with E-state index in [4.69, 9.17) is 14.5 Å². The predicted molar refractivity (Wildman–Crippen MR) is 180 cm³/mol. The first kappa shape index (κ1) is 33.0. The number of carbonyl (C=O) groups excluding carboxylic acids is 3. The highest BCUT2D eigenvalue weighted by atomic mass is 16.5. The van der Waals surface area contributed by atoms with Crippen LogP contribution < -0.4 is 15.4 Å². The molecule has 3 aromatic rings. The number of carboxylic acid groups (broad SMARTS) is 1. The molecule has 2 aromatic carbocycles. The van der Waals surface area contributed by atoms with E-state index in [1.807, 2.05) is 73.7 Å². The van der Waals surface area contributed by atoms with E-state index in [2.05, 4.69) is 10.6 Å². The summed E-state index contributed by atoms with van der Waals surface area (Å²) in [6, 6.07) is 15.6. The third-order valence-corrected chi connectivity index (χ3v) is 9.60.